The summed E-state index contributed by atoms with van der Waals surface area (Å²) >= 11 is 0. The molecular formula is C14H25NO4. The zero-order chi connectivity index (χ0) is 14.6. The van der Waals surface area contributed by atoms with Crippen molar-refractivity contribution in [2.75, 3.05) is 6.61 Å². The van der Waals surface area contributed by atoms with Gasteiger partial charge in [-0.2, -0.15) is 0 Å². The summed E-state index contributed by atoms with van der Waals surface area (Å²) in [4.78, 5) is 24.1. The first-order valence-corrected chi connectivity index (χ1v) is 6.85. The summed E-state index contributed by atoms with van der Waals surface area (Å²) in [5, 5.41) is 2.74. The van der Waals surface area contributed by atoms with E-state index in [-0.39, 0.29) is 11.8 Å². The third-order valence-electron chi connectivity index (χ3n) is 2.85. The van der Waals surface area contributed by atoms with Crippen LogP contribution < -0.4 is 5.32 Å². The van der Waals surface area contributed by atoms with E-state index >= 15 is 0 Å². The van der Waals surface area contributed by atoms with Gasteiger partial charge < -0.3 is 14.8 Å². The van der Waals surface area contributed by atoms with Crippen molar-refractivity contribution >= 4 is 11.9 Å². The third-order valence-corrected chi connectivity index (χ3v) is 2.85. The summed E-state index contributed by atoms with van der Waals surface area (Å²) < 4.78 is 10.6. The Morgan fingerprint density at radius 3 is 2.37 bits per heavy atom. The van der Waals surface area contributed by atoms with Gasteiger partial charge in [0.2, 0.25) is 5.91 Å². The van der Waals surface area contributed by atoms with Crippen molar-refractivity contribution in [2.24, 2.45) is 5.92 Å². The minimum absolute atomic E-state index is 0.0276. The van der Waals surface area contributed by atoms with Crippen LogP contribution in [-0.4, -0.2) is 36.2 Å². The number of carbonyl (C=O) groups excluding carboxylic acids is 2. The molecule has 0 aliphatic carbocycles. The molecule has 1 unspecified atom stereocenters. The lowest BCUT2D eigenvalue weighted by Crippen LogP contribution is -2.50. The molecule has 0 aromatic rings. The Morgan fingerprint density at radius 2 is 1.95 bits per heavy atom. The van der Waals surface area contributed by atoms with E-state index in [9.17, 15) is 9.59 Å². The first-order valence-electron chi connectivity index (χ1n) is 6.85. The maximum atomic E-state index is 12.1. The fourth-order valence-electron chi connectivity index (χ4n) is 1.89. The van der Waals surface area contributed by atoms with Gasteiger partial charge in [0.25, 0.3) is 0 Å². The van der Waals surface area contributed by atoms with Crippen LogP contribution >= 0.6 is 0 Å². The zero-order valence-corrected chi connectivity index (χ0v) is 12.5. The highest BCUT2D eigenvalue weighted by Gasteiger charge is 2.32. The van der Waals surface area contributed by atoms with Crippen molar-refractivity contribution in [2.45, 2.75) is 65.2 Å². The summed E-state index contributed by atoms with van der Waals surface area (Å²) in [7, 11) is 0. The molecule has 1 N–H and O–H groups in total. The van der Waals surface area contributed by atoms with Crippen molar-refractivity contribution in [1.29, 1.82) is 0 Å². The highest BCUT2D eigenvalue weighted by atomic mass is 16.6. The average molecular weight is 271 g/mol. The molecule has 19 heavy (non-hydrogen) atoms. The third kappa shape index (κ3) is 5.19. The Bertz CT molecular complexity index is 327. The van der Waals surface area contributed by atoms with Crippen LogP contribution in [0.25, 0.3) is 0 Å². The van der Waals surface area contributed by atoms with Gasteiger partial charge >= 0.3 is 5.97 Å². The quantitative estimate of drug-likeness (QED) is 0.790. The number of carbonyl (C=O) groups is 2. The number of rotatable bonds is 4. The highest BCUT2D eigenvalue weighted by Crippen LogP contribution is 2.15. The number of nitrogens with one attached hydrogen (secondary N) is 1. The van der Waals surface area contributed by atoms with Crippen LogP contribution in [0, 0.1) is 5.92 Å². The fourth-order valence-corrected chi connectivity index (χ4v) is 1.89. The van der Waals surface area contributed by atoms with Crippen LogP contribution in [0.3, 0.4) is 0 Å². The van der Waals surface area contributed by atoms with Gasteiger partial charge in [0.1, 0.15) is 17.7 Å². The van der Waals surface area contributed by atoms with E-state index in [0.717, 1.165) is 6.42 Å². The molecular weight excluding hydrogens is 246 g/mol. The van der Waals surface area contributed by atoms with Crippen LogP contribution in [0.4, 0.5) is 0 Å². The second-order valence-electron chi connectivity index (χ2n) is 6.27. The Morgan fingerprint density at radius 1 is 1.32 bits per heavy atom. The summed E-state index contributed by atoms with van der Waals surface area (Å²) in [5.74, 6) is -0.642. The van der Waals surface area contributed by atoms with Crippen LogP contribution in [0.2, 0.25) is 0 Å². The summed E-state index contributed by atoms with van der Waals surface area (Å²) in [6.45, 7) is 9.80. The molecule has 0 aromatic heterocycles. The van der Waals surface area contributed by atoms with Gasteiger partial charge in [0.05, 0.1) is 0 Å². The molecule has 0 aromatic carbocycles. The van der Waals surface area contributed by atoms with Crippen LogP contribution in [0.15, 0.2) is 0 Å². The van der Waals surface area contributed by atoms with Crippen LogP contribution in [0.5, 0.6) is 0 Å². The van der Waals surface area contributed by atoms with E-state index < -0.39 is 23.7 Å². The van der Waals surface area contributed by atoms with Crippen LogP contribution in [0.1, 0.15) is 47.5 Å². The first-order chi connectivity index (χ1) is 8.70. The van der Waals surface area contributed by atoms with Crippen LogP contribution in [-0.2, 0) is 19.1 Å². The molecule has 110 valence electrons. The van der Waals surface area contributed by atoms with Gasteiger partial charge in [0.15, 0.2) is 0 Å². The van der Waals surface area contributed by atoms with Crippen molar-refractivity contribution in [3.8, 4) is 0 Å². The lowest BCUT2D eigenvalue weighted by molar-refractivity contribution is -0.160. The molecule has 0 spiro atoms. The van der Waals surface area contributed by atoms with Crippen molar-refractivity contribution in [1.82, 2.24) is 5.32 Å². The average Bonchev–Trinajstić information content (AvgIpc) is 2.75. The van der Waals surface area contributed by atoms with Crippen molar-refractivity contribution < 1.29 is 19.1 Å². The molecule has 0 radical (unpaired) electrons. The smallest absolute Gasteiger partial charge is 0.329 e. The van der Waals surface area contributed by atoms with Gasteiger partial charge in [-0.15, -0.1) is 0 Å². The molecule has 1 aliphatic heterocycles. The van der Waals surface area contributed by atoms with Gasteiger partial charge in [-0.05, 0) is 39.5 Å². The molecule has 0 bridgehead atoms. The van der Waals surface area contributed by atoms with E-state index in [0.29, 0.717) is 13.0 Å². The summed E-state index contributed by atoms with van der Waals surface area (Å²) in [5.41, 5.74) is -0.557. The molecule has 1 fully saturated rings. The van der Waals surface area contributed by atoms with Gasteiger partial charge in [-0.1, -0.05) is 13.8 Å². The van der Waals surface area contributed by atoms with E-state index in [4.69, 9.17) is 9.47 Å². The Labute approximate surface area is 115 Å². The van der Waals surface area contributed by atoms with Gasteiger partial charge in [-0.3, -0.25) is 4.79 Å². The normalized spacial score (nSPS) is 21.3. The molecule has 5 heteroatoms. The van der Waals surface area contributed by atoms with Crippen molar-refractivity contribution in [3.05, 3.63) is 0 Å². The number of amides is 1. The number of esters is 1. The molecule has 0 saturated carbocycles. The van der Waals surface area contributed by atoms with E-state index in [1.165, 1.54) is 0 Å². The monoisotopic (exact) mass is 271 g/mol. The molecule has 2 atom stereocenters. The fraction of sp³-hybridized carbons (Fsp3) is 0.857. The minimum atomic E-state index is -0.629. The van der Waals surface area contributed by atoms with E-state index in [2.05, 4.69) is 5.32 Å². The largest absolute Gasteiger partial charge is 0.458 e. The van der Waals surface area contributed by atoms with Gasteiger partial charge in [-0.25, -0.2) is 4.79 Å². The molecule has 1 heterocycles. The lowest BCUT2D eigenvalue weighted by atomic mass is 10.0. The minimum Gasteiger partial charge on any atom is -0.458 e. The molecule has 5 nitrogen and oxygen atoms in total. The molecule has 1 aliphatic rings. The lowest BCUT2D eigenvalue weighted by Gasteiger charge is -2.27. The molecule has 1 rings (SSSR count). The predicted molar refractivity (Wildman–Crippen MR) is 71.6 cm³/mol. The Kier molecular flexibility index (Phi) is 5.35. The second kappa shape index (κ2) is 6.37. The Hall–Kier alpha value is -1.10. The van der Waals surface area contributed by atoms with E-state index in [1.807, 2.05) is 34.6 Å². The standard InChI is InChI=1S/C14H25NO4/c1-9(2)11(13(17)19-14(3,4)5)15-12(16)10-7-6-8-18-10/h9-11H,6-8H2,1-5H3,(H,15,16)/t10?,11-/m0/s1. The predicted octanol–water partition coefficient (Wildman–Crippen LogP) is 1.65. The zero-order valence-electron chi connectivity index (χ0n) is 12.5. The van der Waals surface area contributed by atoms with Gasteiger partial charge in [0, 0.05) is 6.61 Å². The highest BCUT2D eigenvalue weighted by molar-refractivity contribution is 5.87. The molecule has 1 amide bonds. The summed E-state index contributed by atoms with van der Waals surface area (Å²) in [6, 6.07) is -0.629. The second-order valence-corrected chi connectivity index (χ2v) is 6.27. The SMILES string of the molecule is CC(C)[C@H](NC(=O)C1CCCO1)C(=O)OC(C)(C)C. The van der Waals surface area contributed by atoms with Crippen molar-refractivity contribution in [3.63, 3.8) is 0 Å². The maximum Gasteiger partial charge on any atom is 0.329 e. The summed E-state index contributed by atoms with van der Waals surface area (Å²) in [6.07, 6.45) is 1.17. The van der Waals surface area contributed by atoms with E-state index in [1.54, 1.807) is 0 Å². The number of ether oxygens (including phenoxy) is 2. The number of hydrogen-bond acceptors (Lipinski definition) is 4. The Balaban J connectivity index is 2.62. The maximum absolute atomic E-state index is 12.1. The topological polar surface area (TPSA) is 64.6 Å². The number of hydrogen-bond donors (Lipinski definition) is 1. The molecule has 1 saturated heterocycles. The first kappa shape index (κ1) is 16.0.